The van der Waals surface area contributed by atoms with Crippen molar-refractivity contribution in [3.63, 3.8) is 0 Å². The van der Waals surface area contributed by atoms with Crippen molar-refractivity contribution in [2.75, 3.05) is 4.90 Å². The summed E-state index contributed by atoms with van der Waals surface area (Å²) in [5.41, 5.74) is 4.50. The van der Waals surface area contributed by atoms with Crippen LogP contribution in [-0.4, -0.2) is 10.2 Å². The first-order chi connectivity index (χ1) is 15.3. The van der Waals surface area contributed by atoms with Gasteiger partial charge < -0.3 is 4.74 Å². The Morgan fingerprint density at radius 2 is 1.72 bits per heavy atom. The molecular weight excluding hydrogens is 481 g/mol. The fourth-order valence-electron chi connectivity index (χ4n) is 3.50. The van der Waals surface area contributed by atoms with E-state index in [0.717, 1.165) is 33.7 Å². The van der Waals surface area contributed by atoms with Gasteiger partial charge in [-0.1, -0.05) is 71.4 Å². The van der Waals surface area contributed by atoms with Crippen molar-refractivity contribution in [3.8, 4) is 5.75 Å². The lowest BCUT2D eigenvalue weighted by molar-refractivity contribution is -0.113. The number of amides is 1. The summed E-state index contributed by atoms with van der Waals surface area (Å²) in [6, 6.07) is 18.8. The first-order valence-electron chi connectivity index (χ1n) is 9.84. The molecule has 162 valence electrons. The molecule has 0 unspecified atom stereocenters. The van der Waals surface area contributed by atoms with Crippen LogP contribution in [-0.2, 0) is 11.4 Å². The minimum absolute atomic E-state index is 0.112. The largest absolute Gasteiger partial charge is 0.488 e. The number of ether oxygens (including phenoxy) is 1. The number of thiocarbonyl (C=S) groups is 1. The summed E-state index contributed by atoms with van der Waals surface area (Å²) >= 11 is 19.0. The molecule has 1 aliphatic heterocycles. The van der Waals surface area contributed by atoms with Crippen LogP contribution in [0.25, 0.3) is 6.08 Å². The molecule has 0 bridgehead atoms. The fourth-order valence-corrected chi connectivity index (χ4v) is 5.26. The fraction of sp³-hybridized carbons (Fsp3) is 0.120. The van der Waals surface area contributed by atoms with E-state index >= 15 is 0 Å². The number of thioether (sulfide) groups is 1. The van der Waals surface area contributed by atoms with Gasteiger partial charge in [0.2, 0.25) is 0 Å². The third-order valence-electron chi connectivity index (χ3n) is 4.98. The Hall–Kier alpha value is -2.31. The maximum atomic E-state index is 13.0. The maximum Gasteiger partial charge on any atom is 0.270 e. The predicted octanol–water partition coefficient (Wildman–Crippen LogP) is 7.60. The Kier molecular flexibility index (Phi) is 6.91. The quantitative estimate of drug-likeness (QED) is 0.267. The number of carbonyl (C=O) groups is 1. The molecule has 0 N–H and O–H groups in total. The third-order valence-corrected chi connectivity index (χ3v) is 6.86. The molecular formula is C25H19Cl2NO2S2. The summed E-state index contributed by atoms with van der Waals surface area (Å²) in [6.07, 6.45) is 1.88. The zero-order chi connectivity index (χ0) is 22.8. The van der Waals surface area contributed by atoms with Crippen molar-refractivity contribution in [2.24, 2.45) is 0 Å². The Bertz CT molecular complexity index is 1220. The third kappa shape index (κ3) is 4.86. The summed E-state index contributed by atoms with van der Waals surface area (Å²) < 4.78 is 6.59. The van der Waals surface area contributed by atoms with E-state index in [4.69, 9.17) is 40.2 Å². The van der Waals surface area contributed by atoms with Crippen LogP contribution in [0.1, 0.15) is 22.3 Å². The Morgan fingerprint density at radius 1 is 1.03 bits per heavy atom. The van der Waals surface area contributed by atoms with Gasteiger partial charge in [0.1, 0.15) is 12.4 Å². The number of carbonyl (C=O) groups excluding carboxylic acids is 1. The van der Waals surface area contributed by atoms with Gasteiger partial charge in [0, 0.05) is 15.6 Å². The Balaban J connectivity index is 1.55. The zero-order valence-electron chi connectivity index (χ0n) is 17.4. The van der Waals surface area contributed by atoms with Crippen molar-refractivity contribution in [1.29, 1.82) is 0 Å². The molecule has 3 aromatic carbocycles. The molecule has 0 aliphatic carbocycles. The van der Waals surface area contributed by atoms with Crippen molar-refractivity contribution in [1.82, 2.24) is 0 Å². The highest BCUT2D eigenvalue weighted by Gasteiger charge is 2.33. The molecule has 0 radical (unpaired) electrons. The van der Waals surface area contributed by atoms with Crippen LogP contribution in [0.15, 0.2) is 65.6 Å². The molecule has 7 heteroatoms. The smallest absolute Gasteiger partial charge is 0.270 e. The maximum absolute atomic E-state index is 13.0. The molecule has 3 aromatic rings. The Morgan fingerprint density at radius 3 is 2.38 bits per heavy atom. The van der Waals surface area contributed by atoms with Crippen molar-refractivity contribution < 1.29 is 9.53 Å². The van der Waals surface area contributed by atoms with Gasteiger partial charge in [-0.15, -0.1) is 0 Å². The predicted molar refractivity (Wildman–Crippen MR) is 139 cm³/mol. The number of anilines is 1. The Labute approximate surface area is 207 Å². The molecule has 0 saturated carbocycles. The topological polar surface area (TPSA) is 29.5 Å². The second kappa shape index (κ2) is 9.67. The number of hydrogen-bond acceptors (Lipinski definition) is 4. The van der Waals surface area contributed by atoms with E-state index < -0.39 is 0 Å². The molecule has 32 heavy (non-hydrogen) atoms. The summed E-state index contributed by atoms with van der Waals surface area (Å²) in [5.74, 6) is 0.684. The monoisotopic (exact) mass is 499 g/mol. The van der Waals surface area contributed by atoms with Gasteiger partial charge in [0.25, 0.3) is 5.91 Å². The number of rotatable bonds is 5. The second-order valence-corrected chi connectivity index (χ2v) is 9.88. The number of para-hydroxylation sites is 1. The molecule has 0 spiro atoms. The molecule has 0 atom stereocenters. The number of halogens is 2. The van der Waals surface area contributed by atoms with Gasteiger partial charge in [-0.25, -0.2) is 0 Å². The summed E-state index contributed by atoms with van der Waals surface area (Å²) in [4.78, 5) is 15.1. The molecule has 1 fully saturated rings. The number of hydrogen-bond donors (Lipinski definition) is 0. The van der Waals surface area contributed by atoms with E-state index in [1.807, 2.05) is 68.5 Å². The van der Waals surface area contributed by atoms with Crippen LogP contribution in [0.3, 0.4) is 0 Å². The second-order valence-electron chi connectivity index (χ2n) is 7.36. The van der Waals surface area contributed by atoms with Crippen LogP contribution in [0, 0.1) is 13.8 Å². The van der Waals surface area contributed by atoms with Gasteiger partial charge in [-0.05, 0) is 73.0 Å². The molecule has 1 heterocycles. The zero-order valence-corrected chi connectivity index (χ0v) is 20.5. The SMILES string of the molecule is Cc1cc(/C=C2/SC(=S)N(c3ccccc3)C2=O)cc(C)c1OCc1ccc(Cl)cc1Cl. The van der Waals surface area contributed by atoms with E-state index in [2.05, 4.69) is 0 Å². The van der Waals surface area contributed by atoms with Crippen LogP contribution in [0.5, 0.6) is 5.75 Å². The molecule has 0 aromatic heterocycles. The van der Waals surface area contributed by atoms with Crippen LogP contribution >= 0.6 is 47.2 Å². The highest BCUT2D eigenvalue weighted by Crippen LogP contribution is 2.37. The van der Waals surface area contributed by atoms with Crippen LogP contribution in [0.4, 0.5) is 5.69 Å². The summed E-state index contributed by atoms with van der Waals surface area (Å²) in [6.45, 7) is 4.31. The molecule has 3 nitrogen and oxygen atoms in total. The first kappa shape index (κ1) is 22.9. The molecule has 1 amide bonds. The van der Waals surface area contributed by atoms with Gasteiger partial charge in [-0.2, -0.15) is 0 Å². The minimum atomic E-state index is -0.112. The van der Waals surface area contributed by atoms with E-state index in [9.17, 15) is 4.79 Å². The van der Waals surface area contributed by atoms with Crippen molar-refractivity contribution in [2.45, 2.75) is 20.5 Å². The van der Waals surface area contributed by atoms with Crippen LogP contribution in [0.2, 0.25) is 10.0 Å². The first-order valence-corrected chi connectivity index (χ1v) is 11.8. The molecule has 4 rings (SSSR count). The lowest BCUT2D eigenvalue weighted by Gasteiger charge is -2.14. The summed E-state index contributed by atoms with van der Waals surface area (Å²) in [5, 5.41) is 1.16. The lowest BCUT2D eigenvalue weighted by atomic mass is 10.0. The normalized spacial score (nSPS) is 15.0. The standard InChI is InChI=1S/C25H19Cl2NO2S2/c1-15-10-17(11-16(2)23(15)30-14-18-8-9-19(26)13-21(18)27)12-22-24(29)28(25(31)32-22)20-6-4-3-5-7-20/h3-13H,14H2,1-2H3/b22-12+. The minimum Gasteiger partial charge on any atom is -0.488 e. The van der Waals surface area contributed by atoms with Gasteiger partial charge in [-0.3, -0.25) is 9.69 Å². The van der Waals surface area contributed by atoms with Crippen molar-refractivity contribution >= 4 is 69.2 Å². The van der Waals surface area contributed by atoms with E-state index in [1.165, 1.54) is 11.8 Å². The average Bonchev–Trinajstić information content (AvgIpc) is 3.02. The van der Waals surface area contributed by atoms with Gasteiger partial charge in [0.05, 0.1) is 10.6 Å². The molecule has 1 aliphatic rings. The van der Waals surface area contributed by atoms with E-state index in [0.29, 0.717) is 25.9 Å². The number of aryl methyl sites for hydroxylation is 2. The number of benzene rings is 3. The van der Waals surface area contributed by atoms with Crippen LogP contribution < -0.4 is 9.64 Å². The summed E-state index contributed by atoms with van der Waals surface area (Å²) in [7, 11) is 0. The lowest BCUT2D eigenvalue weighted by Crippen LogP contribution is -2.27. The van der Waals surface area contributed by atoms with Gasteiger partial charge in [0.15, 0.2) is 4.32 Å². The highest BCUT2D eigenvalue weighted by atomic mass is 35.5. The van der Waals surface area contributed by atoms with E-state index in [1.54, 1.807) is 17.0 Å². The van der Waals surface area contributed by atoms with Crippen molar-refractivity contribution in [3.05, 3.63) is 97.9 Å². The highest BCUT2D eigenvalue weighted by molar-refractivity contribution is 8.27. The average molecular weight is 500 g/mol. The number of nitrogens with zero attached hydrogens (tertiary/aromatic N) is 1. The molecule has 1 saturated heterocycles. The van der Waals surface area contributed by atoms with Gasteiger partial charge >= 0.3 is 0 Å². The van der Waals surface area contributed by atoms with E-state index in [-0.39, 0.29) is 5.91 Å².